The fourth-order valence-corrected chi connectivity index (χ4v) is 3.02. The molecular formula is C17H18FN3O2. The van der Waals surface area contributed by atoms with Crippen LogP contribution in [0.5, 0.6) is 0 Å². The van der Waals surface area contributed by atoms with Crippen molar-refractivity contribution in [1.82, 2.24) is 15.3 Å². The summed E-state index contributed by atoms with van der Waals surface area (Å²) in [7, 11) is 0. The second-order valence-corrected chi connectivity index (χ2v) is 5.77. The highest BCUT2D eigenvalue weighted by Crippen LogP contribution is 2.22. The van der Waals surface area contributed by atoms with E-state index < -0.39 is 5.95 Å². The van der Waals surface area contributed by atoms with Gasteiger partial charge in [-0.2, -0.15) is 4.39 Å². The second kappa shape index (κ2) is 6.32. The van der Waals surface area contributed by atoms with Gasteiger partial charge in [0, 0.05) is 24.0 Å². The number of carbonyl (C=O) groups is 1. The van der Waals surface area contributed by atoms with Crippen LogP contribution in [0.25, 0.3) is 0 Å². The average Bonchev–Trinajstić information content (AvgIpc) is 2.55. The minimum atomic E-state index is -0.636. The number of H-pyrrole nitrogens is 1. The number of fused-ring (bicyclic) bond motifs is 1. The SMILES string of the molecule is Cc1c2c([nH]c(=O)c1CNC(=O)c1ccc(F)nc1)CCCC2. The molecule has 2 aromatic heterocycles. The maximum atomic E-state index is 12.8. The van der Waals surface area contributed by atoms with Crippen LogP contribution >= 0.6 is 0 Å². The van der Waals surface area contributed by atoms with Crippen LogP contribution in [-0.2, 0) is 19.4 Å². The predicted octanol–water partition coefficient (Wildman–Crippen LogP) is 2.03. The summed E-state index contributed by atoms with van der Waals surface area (Å²) >= 11 is 0. The molecule has 5 nitrogen and oxygen atoms in total. The Morgan fingerprint density at radius 1 is 1.35 bits per heavy atom. The van der Waals surface area contributed by atoms with Gasteiger partial charge < -0.3 is 10.3 Å². The first-order valence-corrected chi connectivity index (χ1v) is 7.69. The van der Waals surface area contributed by atoms with E-state index in [1.165, 1.54) is 17.8 Å². The van der Waals surface area contributed by atoms with Crippen molar-refractivity contribution in [2.45, 2.75) is 39.2 Å². The number of hydrogen-bond acceptors (Lipinski definition) is 3. The van der Waals surface area contributed by atoms with Gasteiger partial charge in [0.25, 0.3) is 11.5 Å². The van der Waals surface area contributed by atoms with Gasteiger partial charge in [0.15, 0.2) is 0 Å². The van der Waals surface area contributed by atoms with E-state index in [0.717, 1.165) is 43.0 Å². The molecule has 0 spiro atoms. The number of hydrogen-bond donors (Lipinski definition) is 2. The van der Waals surface area contributed by atoms with Crippen molar-refractivity contribution in [1.29, 1.82) is 0 Å². The molecule has 1 amide bonds. The Morgan fingerprint density at radius 3 is 2.87 bits per heavy atom. The second-order valence-electron chi connectivity index (χ2n) is 5.77. The maximum absolute atomic E-state index is 12.8. The summed E-state index contributed by atoms with van der Waals surface area (Å²) in [5.74, 6) is -1.02. The molecule has 2 N–H and O–H groups in total. The fourth-order valence-electron chi connectivity index (χ4n) is 3.02. The van der Waals surface area contributed by atoms with Crippen molar-refractivity contribution in [2.24, 2.45) is 0 Å². The van der Waals surface area contributed by atoms with E-state index in [1.807, 2.05) is 6.92 Å². The number of aromatic amines is 1. The molecular weight excluding hydrogens is 297 g/mol. The van der Waals surface area contributed by atoms with Crippen molar-refractivity contribution in [3.8, 4) is 0 Å². The van der Waals surface area contributed by atoms with Crippen LogP contribution in [0.1, 0.15) is 45.6 Å². The predicted molar refractivity (Wildman–Crippen MR) is 83.8 cm³/mol. The molecule has 0 aromatic carbocycles. The zero-order valence-electron chi connectivity index (χ0n) is 12.9. The van der Waals surface area contributed by atoms with Crippen molar-refractivity contribution in [2.75, 3.05) is 0 Å². The number of nitrogens with zero attached hydrogens (tertiary/aromatic N) is 1. The molecule has 0 unspecified atom stereocenters. The van der Waals surface area contributed by atoms with Gasteiger partial charge in [0.2, 0.25) is 5.95 Å². The number of pyridine rings is 2. The largest absolute Gasteiger partial charge is 0.348 e. The molecule has 0 aliphatic heterocycles. The van der Waals surface area contributed by atoms with Crippen molar-refractivity contribution < 1.29 is 9.18 Å². The number of rotatable bonds is 3. The highest BCUT2D eigenvalue weighted by atomic mass is 19.1. The van der Waals surface area contributed by atoms with E-state index in [-0.39, 0.29) is 23.6 Å². The highest BCUT2D eigenvalue weighted by Gasteiger charge is 2.17. The zero-order chi connectivity index (χ0) is 16.4. The molecule has 0 saturated heterocycles. The first-order chi connectivity index (χ1) is 11.1. The topological polar surface area (TPSA) is 74.8 Å². The summed E-state index contributed by atoms with van der Waals surface area (Å²) in [6.45, 7) is 2.07. The molecule has 0 radical (unpaired) electrons. The Morgan fingerprint density at radius 2 is 2.13 bits per heavy atom. The van der Waals surface area contributed by atoms with Gasteiger partial charge in [0.1, 0.15) is 0 Å². The molecule has 2 heterocycles. The van der Waals surface area contributed by atoms with Crippen LogP contribution in [0, 0.1) is 12.9 Å². The lowest BCUT2D eigenvalue weighted by molar-refractivity contribution is 0.0950. The van der Waals surface area contributed by atoms with Crippen LogP contribution in [0.15, 0.2) is 23.1 Å². The molecule has 1 aliphatic rings. The maximum Gasteiger partial charge on any atom is 0.253 e. The highest BCUT2D eigenvalue weighted by molar-refractivity contribution is 5.93. The molecule has 0 saturated carbocycles. The van der Waals surface area contributed by atoms with E-state index in [2.05, 4.69) is 15.3 Å². The number of halogens is 1. The standard InChI is InChI=1S/C17H18FN3O2/c1-10-12-4-2-3-5-14(12)21-17(23)13(10)9-20-16(22)11-6-7-15(18)19-8-11/h6-8H,2-5,9H2,1H3,(H,20,22)(H,21,23). The minimum Gasteiger partial charge on any atom is -0.348 e. The third kappa shape index (κ3) is 3.16. The minimum absolute atomic E-state index is 0.144. The summed E-state index contributed by atoms with van der Waals surface area (Å²) in [5.41, 5.74) is 3.87. The molecule has 1 aliphatic carbocycles. The zero-order valence-corrected chi connectivity index (χ0v) is 12.9. The van der Waals surface area contributed by atoms with Crippen molar-refractivity contribution >= 4 is 5.91 Å². The lowest BCUT2D eigenvalue weighted by Gasteiger charge is -2.19. The Bertz CT molecular complexity index is 797. The number of nitrogens with one attached hydrogen (secondary N) is 2. The molecule has 23 heavy (non-hydrogen) atoms. The van der Waals surface area contributed by atoms with Crippen LogP contribution in [0.4, 0.5) is 4.39 Å². The summed E-state index contributed by atoms with van der Waals surface area (Å²) in [6.07, 6.45) is 5.25. The third-order valence-electron chi connectivity index (χ3n) is 4.33. The van der Waals surface area contributed by atoms with Crippen LogP contribution < -0.4 is 10.9 Å². The molecule has 6 heteroatoms. The van der Waals surface area contributed by atoms with Gasteiger partial charge in [-0.25, -0.2) is 4.98 Å². The van der Waals surface area contributed by atoms with Crippen molar-refractivity contribution in [3.63, 3.8) is 0 Å². The van der Waals surface area contributed by atoms with E-state index in [0.29, 0.717) is 5.56 Å². The molecule has 0 atom stereocenters. The Kier molecular flexibility index (Phi) is 4.23. The van der Waals surface area contributed by atoms with Crippen LogP contribution in [0.3, 0.4) is 0 Å². The first-order valence-electron chi connectivity index (χ1n) is 7.69. The molecule has 2 aromatic rings. The summed E-state index contributed by atoms with van der Waals surface area (Å²) in [6, 6.07) is 2.49. The quantitative estimate of drug-likeness (QED) is 0.851. The Labute approximate surface area is 133 Å². The average molecular weight is 315 g/mol. The van der Waals surface area contributed by atoms with Crippen LogP contribution in [0.2, 0.25) is 0 Å². The fraction of sp³-hybridized carbons (Fsp3) is 0.353. The number of aryl methyl sites for hydroxylation is 1. The van der Waals surface area contributed by atoms with E-state index >= 15 is 0 Å². The van der Waals surface area contributed by atoms with Crippen molar-refractivity contribution in [3.05, 3.63) is 62.6 Å². The van der Waals surface area contributed by atoms with E-state index in [9.17, 15) is 14.0 Å². The molecule has 120 valence electrons. The molecule has 0 fully saturated rings. The van der Waals surface area contributed by atoms with E-state index in [4.69, 9.17) is 0 Å². The van der Waals surface area contributed by atoms with Gasteiger partial charge in [-0.05, 0) is 55.9 Å². The number of amides is 1. The summed E-state index contributed by atoms with van der Waals surface area (Å²) < 4.78 is 12.8. The van der Waals surface area contributed by atoms with Gasteiger partial charge in [-0.15, -0.1) is 0 Å². The normalized spacial score (nSPS) is 13.5. The van der Waals surface area contributed by atoms with Gasteiger partial charge >= 0.3 is 0 Å². The lowest BCUT2D eigenvalue weighted by atomic mass is 9.90. The summed E-state index contributed by atoms with van der Waals surface area (Å²) in [4.78, 5) is 30.7. The van der Waals surface area contributed by atoms with Crippen LogP contribution in [-0.4, -0.2) is 15.9 Å². The van der Waals surface area contributed by atoms with Gasteiger partial charge in [0.05, 0.1) is 5.56 Å². The van der Waals surface area contributed by atoms with Gasteiger partial charge in [-0.1, -0.05) is 0 Å². The number of carbonyl (C=O) groups excluding carboxylic acids is 1. The third-order valence-corrected chi connectivity index (χ3v) is 4.33. The first kappa shape index (κ1) is 15.4. The van der Waals surface area contributed by atoms with Gasteiger partial charge in [-0.3, -0.25) is 9.59 Å². The monoisotopic (exact) mass is 315 g/mol. The molecule has 0 bridgehead atoms. The lowest BCUT2D eigenvalue weighted by Crippen LogP contribution is -2.29. The summed E-state index contributed by atoms with van der Waals surface area (Å²) in [5, 5.41) is 2.70. The smallest absolute Gasteiger partial charge is 0.253 e. The van der Waals surface area contributed by atoms with E-state index in [1.54, 1.807) is 0 Å². The number of aromatic nitrogens is 2. The Balaban J connectivity index is 1.79. The molecule has 3 rings (SSSR count). The Hall–Kier alpha value is -2.50.